The summed E-state index contributed by atoms with van der Waals surface area (Å²) in [6, 6.07) is 22.6. The molecule has 1 aliphatic heterocycles. The molecule has 1 amide bonds. The van der Waals surface area contributed by atoms with Crippen LogP contribution < -0.4 is 14.8 Å². The number of carbonyl (C=O) groups excluding carboxylic acids is 1. The van der Waals surface area contributed by atoms with Crippen LogP contribution in [0.1, 0.15) is 16.2 Å². The third kappa shape index (κ3) is 4.05. The number of nitrogens with zero attached hydrogens (tertiary/aromatic N) is 5. The highest BCUT2D eigenvalue weighted by molar-refractivity contribution is 6.03. The van der Waals surface area contributed by atoms with E-state index in [4.69, 9.17) is 9.47 Å². The molecule has 5 aromatic rings. The summed E-state index contributed by atoms with van der Waals surface area (Å²) >= 11 is 0. The molecular formula is C26H21N7O3. The van der Waals surface area contributed by atoms with Gasteiger partial charge in [-0.3, -0.25) is 9.89 Å². The van der Waals surface area contributed by atoms with Gasteiger partial charge in [-0.25, -0.2) is 9.67 Å². The highest BCUT2D eigenvalue weighted by atomic mass is 16.6. The minimum atomic E-state index is -0.352. The summed E-state index contributed by atoms with van der Waals surface area (Å²) in [5, 5.41) is 18.4. The molecule has 0 unspecified atom stereocenters. The van der Waals surface area contributed by atoms with Gasteiger partial charge in [0.25, 0.3) is 5.91 Å². The number of nitrogens with one attached hydrogen (secondary N) is 2. The summed E-state index contributed by atoms with van der Waals surface area (Å²) in [5.74, 6) is 2.24. The number of benzene rings is 3. The molecule has 0 radical (unpaired) electrons. The molecule has 0 bridgehead atoms. The maximum atomic E-state index is 12.9. The van der Waals surface area contributed by atoms with Crippen LogP contribution in [0.5, 0.6) is 11.5 Å². The lowest BCUT2D eigenvalue weighted by Crippen LogP contribution is -2.16. The number of fused-ring (bicyclic) bond motifs is 1. The Morgan fingerprint density at radius 3 is 2.53 bits per heavy atom. The van der Waals surface area contributed by atoms with Crippen molar-refractivity contribution in [3.05, 3.63) is 84.2 Å². The summed E-state index contributed by atoms with van der Waals surface area (Å²) in [6.45, 7) is 2.81. The fraction of sp³-hybridized carbons (Fsp3) is 0.115. The topological polar surface area (TPSA) is 120 Å². The van der Waals surface area contributed by atoms with Crippen molar-refractivity contribution in [3.63, 3.8) is 0 Å². The molecule has 0 saturated heterocycles. The Labute approximate surface area is 205 Å². The number of amides is 1. The van der Waals surface area contributed by atoms with Crippen molar-refractivity contribution in [1.82, 2.24) is 30.2 Å². The van der Waals surface area contributed by atoms with Gasteiger partial charge in [0, 0.05) is 22.9 Å². The van der Waals surface area contributed by atoms with Crippen molar-refractivity contribution in [2.75, 3.05) is 18.5 Å². The molecule has 3 heterocycles. The molecule has 2 aromatic heterocycles. The fourth-order valence-corrected chi connectivity index (χ4v) is 3.96. The highest BCUT2D eigenvalue weighted by Crippen LogP contribution is 2.32. The van der Waals surface area contributed by atoms with Gasteiger partial charge in [-0.1, -0.05) is 35.5 Å². The van der Waals surface area contributed by atoms with E-state index in [9.17, 15) is 4.79 Å². The Bertz CT molecular complexity index is 1540. The maximum Gasteiger partial charge on any atom is 0.278 e. The van der Waals surface area contributed by atoms with Crippen molar-refractivity contribution in [1.29, 1.82) is 0 Å². The van der Waals surface area contributed by atoms with E-state index in [1.165, 1.54) is 0 Å². The highest BCUT2D eigenvalue weighted by Gasteiger charge is 2.20. The van der Waals surface area contributed by atoms with Crippen LogP contribution in [0.25, 0.3) is 28.5 Å². The van der Waals surface area contributed by atoms with Gasteiger partial charge >= 0.3 is 0 Å². The van der Waals surface area contributed by atoms with Crippen molar-refractivity contribution in [2.24, 2.45) is 0 Å². The van der Waals surface area contributed by atoms with Crippen LogP contribution in [0.3, 0.4) is 0 Å². The Hall–Kier alpha value is -4.99. The number of rotatable bonds is 5. The van der Waals surface area contributed by atoms with E-state index in [0.717, 1.165) is 16.8 Å². The van der Waals surface area contributed by atoms with Crippen molar-refractivity contribution >= 4 is 11.6 Å². The van der Waals surface area contributed by atoms with Crippen LogP contribution in [-0.4, -0.2) is 49.3 Å². The van der Waals surface area contributed by atoms with Crippen LogP contribution >= 0.6 is 0 Å². The van der Waals surface area contributed by atoms with E-state index >= 15 is 0 Å². The molecule has 178 valence electrons. The first-order valence-corrected chi connectivity index (χ1v) is 11.4. The lowest BCUT2D eigenvalue weighted by Gasteiger charge is -2.18. The van der Waals surface area contributed by atoms with Crippen molar-refractivity contribution < 1.29 is 14.3 Å². The molecule has 2 N–H and O–H groups in total. The molecular weight excluding hydrogens is 458 g/mol. The second-order valence-electron chi connectivity index (χ2n) is 8.17. The van der Waals surface area contributed by atoms with Gasteiger partial charge in [0.15, 0.2) is 28.8 Å². The minimum absolute atomic E-state index is 0.233. The average molecular weight is 480 g/mol. The third-order valence-corrected chi connectivity index (χ3v) is 5.81. The Kier molecular flexibility index (Phi) is 5.38. The number of H-pyrrole nitrogens is 1. The van der Waals surface area contributed by atoms with Gasteiger partial charge in [-0.2, -0.15) is 5.10 Å². The van der Waals surface area contributed by atoms with Gasteiger partial charge in [0.1, 0.15) is 13.2 Å². The number of hydrogen-bond acceptors (Lipinski definition) is 7. The fourth-order valence-electron chi connectivity index (χ4n) is 3.96. The number of anilines is 1. The first kappa shape index (κ1) is 21.5. The first-order valence-electron chi connectivity index (χ1n) is 11.4. The molecule has 0 spiro atoms. The predicted molar refractivity (Wildman–Crippen MR) is 132 cm³/mol. The van der Waals surface area contributed by atoms with E-state index < -0.39 is 0 Å². The van der Waals surface area contributed by atoms with Crippen LogP contribution in [0, 0.1) is 6.92 Å². The molecule has 0 atom stereocenters. The Morgan fingerprint density at radius 2 is 1.72 bits per heavy atom. The van der Waals surface area contributed by atoms with Gasteiger partial charge in [-0.15, -0.1) is 5.10 Å². The maximum absolute atomic E-state index is 12.9. The number of carbonyl (C=O) groups is 1. The van der Waals surface area contributed by atoms with E-state index in [2.05, 4.69) is 30.8 Å². The molecule has 0 fully saturated rings. The monoisotopic (exact) mass is 479 g/mol. The van der Waals surface area contributed by atoms with Gasteiger partial charge in [-0.05, 0) is 43.3 Å². The predicted octanol–water partition coefficient (Wildman–Crippen LogP) is 4.05. The summed E-state index contributed by atoms with van der Waals surface area (Å²) in [4.78, 5) is 17.5. The van der Waals surface area contributed by atoms with Crippen LogP contribution in [0.15, 0.2) is 72.8 Å². The zero-order chi connectivity index (χ0) is 24.5. The summed E-state index contributed by atoms with van der Waals surface area (Å²) in [7, 11) is 0. The lowest BCUT2D eigenvalue weighted by atomic mass is 10.2. The second kappa shape index (κ2) is 8.99. The normalized spacial score (nSPS) is 12.4. The van der Waals surface area contributed by atoms with E-state index in [0.29, 0.717) is 47.7 Å². The minimum Gasteiger partial charge on any atom is -0.486 e. The molecule has 6 rings (SSSR count). The van der Waals surface area contributed by atoms with Crippen molar-refractivity contribution in [3.8, 4) is 40.0 Å². The van der Waals surface area contributed by atoms with E-state index in [-0.39, 0.29) is 11.6 Å². The van der Waals surface area contributed by atoms with Crippen LogP contribution in [0.2, 0.25) is 0 Å². The quantitative estimate of drug-likeness (QED) is 0.390. The second-order valence-corrected chi connectivity index (χ2v) is 8.17. The number of ether oxygens (including phenoxy) is 2. The molecule has 3 aromatic carbocycles. The number of aromatic nitrogens is 6. The molecule has 36 heavy (non-hydrogen) atoms. The number of hydrogen-bond donors (Lipinski definition) is 2. The number of aromatic amines is 1. The largest absolute Gasteiger partial charge is 0.486 e. The van der Waals surface area contributed by atoms with Crippen molar-refractivity contribution in [2.45, 2.75) is 6.92 Å². The SMILES string of the molecule is Cc1c(C(=O)Nc2ccc(-c3nc(-c4ccccc4)n[nH]3)cc2)nnn1-c1ccc2c(c1)OCCO2. The van der Waals surface area contributed by atoms with Crippen LogP contribution in [0.4, 0.5) is 5.69 Å². The first-order chi connectivity index (χ1) is 17.7. The Morgan fingerprint density at radius 1 is 0.944 bits per heavy atom. The Balaban J connectivity index is 1.17. The summed E-state index contributed by atoms with van der Waals surface area (Å²) in [6.07, 6.45) is 0. The van der Waals surface area contributed by atoms with Gasteiger partial charge in [0.2, 0.25) is 0 Å². The van der Waals surface area contributed by atoms with Gasteiger partial charge in [0.05, 0.1) is 11.4 Å². The summed E-state index contributed by atoms with van der Waals surface area (Å²) < 4.78 is 12.8. The zero-order valence-electron chi connectivity index (χ0n) is 19.3. The average Bonchev–Trinajstić information content (AvgIpc) is 3.57. The summed E-state index contributed by atoms with van der Waals surface area (Å²) in [5.41, 5.74) is 3.98. The third-order valence-electron chi connectivity index (χ3n) is 5.81. The smallest absolute Gasteiger partial charge is 0.278 e. The molecule has 10 nitrogen and oxygen atoms in total. The molecule has 1 aliphatic rings. The molecule has 0 saturated carbocycles. The van der Waals surface area contributed by atoms with E-state index in [1.807, 2.05) is 60.7 Å². The van der Waals surface area contributed by atoms with E-state index in [1.54, 1.807) is 23.7 Å². The molecule has 0 aliphatic carbocycles. The van der Waals surface area contributed by atoms with Crippen LogP contribution in [-0.2, 0) is 0 Å². The standard InChI is InChI=1S/C26H21N7O3/c1-16-23(29-32-33(16)20-11-12-21-22(15-20)36-14-13-35-21)26(34)27-19-9-7-18(8-10-19)25-28-24(30-31-25)17-5-3-2-4-6-17/h2-12,15H,13-14H2,1H3,(H,27,34)(H,28,30,31). The zero-order valence-corrected chi connectivity index (χ0v) is 19.3. The lowest BCUT2D eigenvalue weighted by molar-refractivity contribution is 0.102. The van der Waals surface area contributed by atoms with Gasteiger partial charge < -0.3 is 14.8 Å². The molecule has 10 heteroatoms.